The molecule has 3 N–H and O–H groups in total. The molecule has 3 aromatic rings. The van der Waals surface area contributed by atoms with Gasteiger partial charge >= 0.3 is 0 Å². The lowest BCUT2D eigenvalue weighted by Gasteiger charge is -2.17. The fraction of sp³-hybridized carbons (Fsp3) is 0.105. The topological polar surface area (TPSA) is 85.1 Å². The number of benzene rings is 2. The van der Waals surface area contributed by atoms with E-state index in [0.717, 1.165) is 14.5 Å². The average Bonchev–Trinajstić information content (AvgIpc) is 2.62. The summed E-state index contributed by atoms with van der Waals surface area (Å²) in [5, 5.41) is 3.61. The zero-order valence-electron chi connectivity index (χ0n) is 13.3. The lowest BCUT2D eigenvalue weighted by Crippen LogP contribution is -2.46. The van der Waals surface area contributed by atoms with Crippen LogP contribution < -0.4 is 11.1 Å². The van der Waals surface area contributed by atoms with E-state index in [4.69, 9.17) is 5.73 Å². The third-order valence-corrected chi connectivity index (χ3v) is 4.96. The molecular formula is C19H16IN3O2. The number of primary amides is 1. The minimum atomic E-state index is -0.789. The summed E-state index contributed by atoms with van der Waals surface area (Å²) >= 11 is 2.20. The number of nitrogens with zero attached hydrogens (tertiary/aromatic N) is 1. The SMILES string of the molecule is NC(=O)[C@@H](Cc1ccccc1I)NC(=O)c1cccc2cccnc12. The number of rotatable bonds is 5. The summed E-state index contributed by atoms with van der Waals surface area (Å²) in [5.41, 5.74) is 7.48. The molecule has 0 unspecified atom stereocenters. The lowest BCUT2D eigenvalue weighted by molar-refractivity contribution is -0.119. The van der Waals surface area contributed by atoms with E-state index in [1.54, 1.807) is 18.3 Å². The van der Waals surface area contributed by atoms with Crippen molar-refractivity contribution in [1.82, 2.24) is 10.3 Å². The number of nitrogens with two attached hydrogens (primary N) is 1. The summed E-state index contributed by atoms with van der Waals surface area (Å²) in [7, 11) is 0. The second-order valence-corrected chi connectivity index (χ2v) is 6.77. The molecule has 1 heterocycles. The summed E-state index contributed by atoms with van der Waals surface area (Å²) in [4.78, 5) is 28.8. The van der Waals surface area contributed by atoms with Crippen LogP contribution in [0.3, 0.4) is 0 Å². The van der Waals surface area contributed by atoms with Crippen molar-refractivity contribution in [3.8, 4) is 0 Å². The van der Waals surface area contributed by atoms with Gasteiger partial charge in [0.15, 0.2) is 0 Å². The molecule has 0 aliphatic heterocycles. The number of carbonyl (C=O) groups is 2. The molecule has 0 bridgehead atoms. The van der Waals surface area contributed by atoms with Crippen LogP contribution in [0.2, 0.25) is 0 Å². The summed E-state index contributed by atoms with van der Waals surface area (Å²) in [6.45, 7) is 0. The fourth-order valence-corrected chi connectivity index (χ4v) is 3.24. The molecule has 1 atom stereocenters. The molecule has 25 heavy (non-hydrogen) atoms. The molecule has 6 heteroatoms. The Morgan fingerprint density at radius 1 is 1.08 bits per heavy atom. The Labute approximate surface area is 158 Å². The average molecular weight is 445 g/mol. The molecule has 0 fully saturated rings. The highest BCUT2D eigenvalue weighted by atomic mass is 127. The van der Waals surface area contributed by atoms with Gasteiger partial charge in [-0.3, -0.25) is 14.6 Å². The van der Waals surface area contributed by atoms with Crippen molar-refractivity contribution in [1.29, 1.82) is 0 Å². The predicted molar refractivity (Wildman–Crippen MR) is 105 cm³/mol. The molecular weight excluding hydrogens is 429 g/mol. The molecule has 1 aromatic heterocycles. The van der Waals surface area contributed by atoms with Crippen LogP contribution in [0.1, 0.15) is 15.9 Å². The van der Waals surface area contributed by atoms with Gasteiger partial charge in [-0.2, -0.15) is 0 Å². The first-order valence-corrected chi connectivity index (χ1v) is 8.81. The molecule has 2 aromatic carbocycles. The van der Waals surface area contributed by atoms with Crippen molar-refractivity contribution in [3.63, 3.8) is 0 Å². The molecule has 3 rings (SSSR count). The highest BCUT2D eigenvalue weighted by Gasteiger charge is 2.21. The molecule has 0 aliphatic carbocycles. The Hall–Kier alpha value is -2.48. The molecule has 126 valence electrons. The number of halogens is 1. The third kappa shape index (κ3) is 3.96. The number of hydrogen-bond acceptors (Lipinski definition) is 3. The molecule has 0 saturated heterocycles. The smallest absolute Gasteiger partial charge is 0.254 e. The number of aromatic nitrogens is 1. The Kier molecular flexibility index (Phi) is 5.28. The van der Waals surface area contributed by atoms with Crippen molar-refractivity contribution in [2.24, 2.45) is 5.73 Å². The van der Waals surface area contributed by atoms with Gasteiger partial charge in [-0.15, -0.1) is 0 Å². The molecule has 0 aliphatic rings. The number of nitrogens with one attached hydrogen (secondary N) is 1. The molecule has 0 spiro atoms. The maximum Gasteiger partial charge on any atom is 0.254 e. The maximum absolute atomic E-state index is 12.7. The van der Waals surface area contributed by atoms with Crippen molar-refractivity contribution in [3.05, 3.63) is 75.5 Å². The standard InChI is InChI=1S/C19H16IN3O2/c20-15-9-2-1-5-13(15)11-16(18(21)24)23-19(25)14-8-3-6-12-7-4-10-22-17(12)14/h1-10,16H,11H2,(H2,21,24)(H,23,25)/t16-/m1/s1. The Bertz CT molecular complexity index is 937. The number of para-hydroxylation sites is 1. The number of pyridine rings is 1. The summed E-state index contributed by atoms with van der Waals surface area (Å²) in [6.07, 6.45) is 1.98. The molecule has 0 radical (unpaired) electrons. The summed E-state index contributed by atoms with van der Waals surface area (Å²) < 4.78 is 1.02. The first-order chi connectivity index (χ1) is 12.1. The summed E-state index contributed by atoms with van der Waals surface area (Å²) in [5.74, 6) is -0.930. The monoisotopic (exact) mass is 445 g/mol. The van der Waals surface area contributed by atoms with Crippen LogP contribution in [0.5, 0.6) is 0 Å². The number of amides is 2. The fourth-order valence-electron chi connectivity index (χ4n) is 2.63. The molecule has 0 saturated carbocycles. The van der Waals surface area contributed by atoms with Crippen LogP contribution in [-0.4, -0.2) is 22.8 Å². The van der Waals surface area contributed by atoms with E-state index >= 15 is 0 Å². The lowest BCUT2D eigenvalue weighted by atomic mass is 10.0. The van der Waals surface area contributed by atoms with Crippen LogP contribution in [0.15, 0.2) is 60.8 Å². The van der Waals surface area contributed by atoms with E-state index in [1.807, 2.05) is 42.5 Å². The number of fused-ring (bicyclic) bond motifs is 1. The first-order valence-electron chi connectivity index (χ1n) is 7.73. The zero-order chi connectivity index (χ0) is 17.8. The minimum absolute atomic E-state index is 0.346. The van der Waals surface area contributed by atoms with Crippen molar-refractivity contribution < 1.29 is 9.59 Å². The Morgan fingerprint density at radius 3 is 2.60 bits per heavy atom. The molecule has 5 nitrogen and oxygen atoms in total. The normalized spacial score (nSPS) is 11.9. The van der Waals surface area contributed by atoms with E-state index in [2.05, 4.69) is 32.9 Å². The Morgan fingerprint density at radius 2 is 1.84 bits per heavy atom. The van der Waals surface area contributed by atoms with Gasteiger partial charge in [0.05, 0.1) is 11.1 Å². The van der Waals surface area contributed by atoms with Gasteiger partial charge in [-0.25, -0.2) is 0 Å². The number of hydrogen-bond donors (Lipinski definition) is 2. The maximum atomic E-state index is 12.7. The van der Waals surface area contributed by atoms with E-state index < -0.39 is 11.9 Å². The van der Waals surface area contributed by atoms with E-state index in [-0.39, 0.29) is 5.91 Å². The number of carbonyl (C=O) groups excluding carboxylic acids is 2. The second-order valence-electron chi connectivity index (χ2n) is 5.60. The summed E-state index contributed by atoms with van der Waals surface area (Å²) in [6, 6.07) is 16.0. The van der Waals surface area contributed by atoms with Crippen LogP contribution in [0, 0.1) is 3.57 Å². The van der Waals surface area contributed by atoms with Gasteiger partial charge in [-0.05, 0) is 46.4 Å². The van der Waals surface area contributed by atoms with Crippen LogP contribution in [0.4, 0.5) is 0 Å². The second kappa shape index (κ2) is 7.60. The van der Waals surface area contributed by atoms with Gasteiger partial charge in [0.1, 0.15) is 6.04 Å². The largest absolute Gasteiger partial charge is 0.368 e. The zero-order valence-corrected chi connectivity index (χ0v) is 15.4. The highest BCUT2D eigenvalue weighted by molar-refractivity contribution is 14.1. The van der Waals surface area contributed by atoms with Crippen molar-refractivity contribution >= 4 is 45.3 Å². The quantitative estimate of drug-likeness (QED) is 0.593. The van der Waals surface area contributed by atoms with Gasteiger partial charge in [0, 0.05) is 21.6 Å². The minimum Gasteiger partial charge on any atom is -0.368 e. The first kappa shape index (κ1) is 17.3. The van der Waals surface area contributed by atoms with Crippen molar-refractivity contribution in [2.75, 3.05) is 0 Å². The van der Waals surface area contributed by atoms with Gasteiger partial charge < -0.3 is 11.1 Å². The molecule has 2 amide bonds. The van der Waals surface area contributed by atoms with Crippen LogP contribution in [0.25, 0.3) is 10.9 Å². The van der Waals surface area contributed by atoms with E-state index in [1.165, 1.54) is 0 Å². The van der Waals surface area contributed by atoms with Gasteiger partial charge in [-0.1, -0.05) is 36.4 Å². The Balaban J connectivity index is 1.86. The highest BCUT2D eigenvalue weighted by Crippen LogP contribution is 2.17. The van der Waals surface area contributed by atoms with E-state index in [9.17, 15) is 9.59 Å². The van der Waals surface area contributed by atoms with E-state index in [0.29, 0.717) is 17.5 Å². The van der Waals surface area contributed by atoms with Crippen LogP contribution in [-0.2, 0) is 11.2 Å². The van der Waals surface area contributed by atoms with Gasteiger partial charge in [0.25, 0.3) is 5.91 Å². The van der Waals surface area contributed by atoms with Gasteiger partial charge in [0.2, 0.25) is 5.91 Å². The van der Waals surface area contributed by atoms with Crippen LogP contribution >= 0.6 is 22.6 Å². The van der Waals surface area contributed by atoms with Crippen molar-refractivity contribution in [2.45, 2.75) is 12.5 Å². The predicted octanol–water partition coefficient (Wildman–Crippen LogP) is 2.67. The third-order valence-electron chi connectivity index (χ3n) is 3.91.